The van der Waals surface area contributed by atoms with E-state index in [4.69, 9.17) is 17.2 Å². The molecule has 6 N–H and O–H groups in total. The van der Waals surface area contributed by atoms with Gasteiger partial charge in [-0.25, -0.2) is 0 Å². The quantitative estimate of drug-likeness (QED) is 0.669. The maximum atomic E-state index is 11.9. The molecule has 0 aromatic heterocycles. The molecule has 2 rings (SSSR count). The van der Waals surface area contributed by atoms with Crippen LogP contribution < -0.4 is 17.2 Å². The number of carbonyl (C=O) groups excluding carboxylic acids is 1. The normalized spacial score (nSPS) is 26.2. The first kappa shape index (κ1) is 12.4. The van der Waals surface area contributed by atoms with Gasteiger partial charge in [0.1, 0.15) is 5.41 Å². The number of nitrogen functional groups attached to an aromatic ring is 1. The van der Waals surface area contributed by atoms with Crippen LogP contribution in [-0.4, -0.2) is 11.9 Å². The summed E-state index contributed by atoms with van der Waals surface area (Å²) in [5, 5.41) is 0. The van der Waals surface area contributed by atoms with Crippen LogP contribution in [0, 0.1) is 6.92 Å². The number of rotatable bonds is 2. The Hall–Kier alpha value is -2.07. The molecule has 0 radical (unpaired) electrons. The lowest BCUT2D eigenvalue weighted by Gasteiger charge is -2.34. The summed E-state index contributed by atoms with van der Waals surface area (Å²) in [7, 11) is 0. The minimum atomic E-state index is -1.06. The number of amides is 1. The number of hydrogen-bond donors (Lipinski definition) is 3. The zero-order chi connectivity index (χ0) is 13.3. The SMILES string of the molecule is Cc1ccc(C2(C(N)=O)C=CC=CC2N)c(N)c1. The Labute approximate surface area is 106 Å². The molecule has 0 saturated heterocycles. The van der Waals surface area contributed by atoms with Crippen molar-refractivity contribution in [3.8, 4) is 0 Å². The number of anilines is 1. The van der Waals surface area contributed by atoms with Crippen molar-refractivity contribution in [1.29, 1.82) is 0 Å². The molecule has 2 atom stereocenters. The van der Waals surface area contributed by atoms with E-state index in [0.717, 1.165) is 5.56 Å². The van der Waals surface area contributed by atoms with Crippen molar-refractivity contribution in [2.45, 2.75) is 18.4 Å². The molecular weight excluding hydrogens is 226 g/mol. The number of aryl methyl sites for hydroxylation is 1. The number of nitrogens with two attached hydrogens (primary N) is 3. The maximum Gasteiger partial charge on any atom is 0.233 e. The predicted octanol–water partition coefficient (Wildman–Crippen LogP) is 0.754. The van der Waals surface area contributed by atoms with Gasteiger partial charge in [-0.05, 0) is 24.1 Å². The van der Waals surface area contributed by atoms with Gasteiger partial charge in [0, 0.05) is 11.7 Å². The van der Waals surface area contributed by atoms with Crippen molar-refractivity contribution in [2.24, 2.45) is 11.5 Å². The second-order valence-electron chi connectivity index (χ2n) is 4.59. The highest BCUT2D eigenvalue weighted by atomic mass is 16.1. The first-order valence-electron chi connectivity index (χ1n) is 5.76. The van der Waals surface area contributed by atoms with Gasteiger partial charge in [0.05, 0.1) is 0 Å². The van der Waals surface area contributed by atoms with Crippen molar-refractivity contribution in [3.05, 3.63) is 53.6 Å². The van der Waals surface area contributed by atoms with E-state index in [2.05, 4.69) is 0 Å². The molecular formula is C14H17N3O. The van der Waals surface area contributed by atoms with Crippen LogP contribution in [0.15, 0.2) is 42.5 Å². The van der Waals surface area contributed by atoms with Gasteiger partial charge >= 0.3 is 0 Å². The van der Waals surface area contributed by atoms with Gasteiger partial charge in [-0.1, -0.05) is 36.4 Å². The summed E-state index contributed by atoms with van der Waals surface area (Å²) in [5.74, 6) is -0.494. The molecule has 1 amide bonds. The fourth-order valence-corrected chi connectivity index (χ4v) is 2.36. The molecule has 1 aliphatic carbocycles. The number of hydrogen-bond acceptors (Lipinski definition) is 3. The van der Waals surface area contributed by atoms with Gasteiger partial charge in [0.25, 0.3) is 0 Å². The average Bonchev–Trinajstić information content (AvgIpc) is 2.30. The Kier molecular flexibility index (Phi) is 2.97. The lowest BCUT2D eigenvalue weighted by Crippen LogP contribution is -2.53. The van der Waals surface area contributed by atoms with E-state index in [-0.39, 0.29) is 0 Å². The van der Waals surface area contributed by atoms with E-state index >= 15 is 0 Å². The summed E-state index contributed by atoms with van der Waals surface area (Å²) in [5.41, 5.74) is 18.8. The van der Waals surface area contributed by atoms with Crippen molar-refractivity contribution in [3.63, 3.8) is 0 Å². The maximum absolute atomic E-state index is 11.9. The molecule has 2 unspecified atom stereocenters. The summed E-state index contributed by atoms with van der Waals surface area (Å²) in [6, 6.07) is 5.03. The molecule has 0 saturated carbocycles. The Bertz CT molecular complexity index is 548. The van der Waals surface area contributed by atoms with Crippen molar-refractivity contribution < 1.29 is 4.79 Å². The van der Waals surface area contributed by atoms with Crippen LogP contribution in [0.25, 0.3) is 0 Å². The van der Waals surface area contributed by atoms with Gasteiger partial charge in [-0.15, -0.1) is 0 Å². The van der Waals surface area contributed by atoms with Crippen molar-refractivity contribution in [2.75, 3.05) is 5.73 Å². The molecule has 18 heavy (non-hydrogen) atoms. The van der Waals surface area contributed by atoms with E-state index < -0.39 is 17.4 Å². The van der Waals surface area contributed by atoms with E-state index in [1.807, 2.05) is 25.1 Å². The van der Waals surface area contributed by atoms with Gasteiger partial charge in [-0.2, -0.15) is 0 Å². The van der Waals surface area contributed by atoms with Crippen molar-refractivity contribution in [1.82, 2.24) is 0 Å². The van der Waals surface area contributed by atoms with E-state index in [9.17, 15) is 4.79 Å². The summed E-state index contributed by atoms with van der Waals surface area (Å²) in [4.78, 5) is 11.9. The molecule has 94 valence electrons. The van der Waals surface area contributed by atoms with E-state index in [0.29, 0.717) is 11.3 Å². The molecule has 0 heterocycles. The fraction of sp³-hybridized carbons (Fsp3) is 0.214. The summed E-state index contributed by atoms with van der Waals surface area (Å²) in [6.07, 6.45) is 7.05. The lowest BCUT2D eigenvalue weighted by molar-refractivity contribution is -0.122. The zero-order valence-corrected chi connectivity index (χ0v) is 10.3. The topological polar surface area (TPSA) is 95.1 Å². The molecule has 0 bridgehead atoms. The molecule has 1 aromatic carbocycles. The van der Waals surface area contributed by atoms with Gasteiger partial charge in [0.15, 0.2) is 0 Å². The first-order valence-corrected chi connectivity index (χ1v) is 5.76. The molecule has 0 fully saturated rings. The van der Waals surface area contributed by atoms with Crippen LogP contribution in [0.3, 0.4) is 0 Å². The Morgan fingerprint density at radius 3 is 2.61 bits per heavy atom. The third-order valence-electron chi connectivity index (χ3n) is 3.37. The van der Waals surface area contributed by atoms with Crippen LogP contribution >= 0.6 is 0 Å². The van der Waals surface area contributed by atoms with Crippen molar-refractivity contribution >= 4 is 11.6 Å². The molecule has 1 aromatic rings. The lowest BCUT2D eigenvalue weighted by atomic mass is 9.71. The second-order valence-corrected chi connectivity index (χ2v) is 4.59. The zero-order valence-electron chi connectivity index (χ0n) is 10.3. The van der Waals surface area contributed by atoms with E-state index in [1.54, 1.807) is 24.3 Å². The first-order chi connectivity index (χ1) is 8.48. The minimum Gasteiger partial charge on any atom is -0.398 e. The minimum absolute atomic E-state index is 0.494. The molecule has 4 nitrogen and oxygen atoms in total. The second kappa shape index (κ2) is 4.31. The van der Waals surface area contributed by atoms with Crippen LogP contribution in [0.2, 0.25) is 0 Å². The monoisotopic (exact) mass is 243 g/mol. The number of carbonyl (C=O) groups is 1. The molecule has 4 heteroatoms. The Morgan fingerprint density at radius 2 is 2.06 bits per heavy atom. The van der Waals surface area contributed by atoms with E-state index in [1.165, 1.54) is 0 Å². The molecule has 0 spiro atoms. The average molecular weight is 243 g/mol. The number of allylic oxidation sites excluding steroid dienone is 2. The smallest absolute Gasteiger partial charge is 0.233 e. The van der Waals surface area contributed by atoms with Crippen LogP contribution in [0.5, 0.6) is 0 Å². The largest absolute Gasteiger partial charge is 0.398 e. The highest BCUT2D eigenvalue weighted by Crippen LogP contribution is 2.35. The van der Waals surface area contributed by atoms with Gasteiger partial charge < -0.3 is 17.2 Å². The summed E-state index contributed by atoms with van der Waals surface area (Å²) >= 11 is 0. The van der Waals surface area contributed by atoms with Crippen LogP contribution in [0.4, 0.5) is 5.69 Å². The highest BCUT2D eigenvalue weighted by molar-refractivity contribution is 5.92. The molecule has 1 aliphatic rings. The van der Waals surface area contributed by atoms with Crippen LogP contribution in [-0.2, 0) is 10.2 Å². The third-order valence-corrected chi connectivity index (χ3v) is 3.37. The third kappa shape index (κ3) is 1.71. The fourth-order valence-electron chi connectivity index (χ4n) is 2.36. The Morgan fingerprint density at radius 1 is 1.33 bits per heavy atom. The summed E-state index contributed by atoms with van der Waals surface area (Å²) in [6.45, 7) is 1.94. The van der Waals surface area contributed by atoms with Gasteiger partial charge in [0.2, 0.25) is 5.91 Å². The number of benzene rings is 1. The van der Waals surface area contributed by atoms with Gasteiger partial charge in [-0.3, -0.25) is 4.79 Å². The summed E-state index contributed by atoms with van der Waals surface area (Å²) < 4.78 is 0. The van der Waals surface area contributed by atoms with Crippen LogP contribution in [0.1, 0.15) is 11.1 Å². The standard InChI is InChI=1S/C14H17N3O/c1-9-5-6-10(11(15)8-9)14(13(17)18)7-3-2-4-12(14)16/h2-8,12H,15-16H2,1H3,(H2,17,18). The number of primary amides is 1. The highest BCUT2D eigenvalue weighted by Gasteiger charge is 2.43. The predicted molar refractivity (Wildman–Crippen MR) is 72.7 cm³/mol. The molecule has 0 aliphatic heterocycles. The Balaban J connectivity index is 2.65.